The van der Waals surface area contributed by atoms with Crippen LogP contribution in [0.2, 0.25) is 0 Å². The molecule has 0 atom stereocenters. The molecular weight excluding hydrogens is 2510 g/mol. The number of fused-ring (bicyclic) bond motifs is 9. The Bertz CT molecular complexity index is 6920. The van der Waals surface area contributed by atoms with Gasteiger partial charge in [0.25, 0.3) is 0 Å². The first-order valence-corrected chi connectivity index (χ1v) is 42.8. The van der Waals surface area contributed by atoms with E-state index in [1.165, 1.54) is 0 Å². The summed E-state index contributed by atoms with van der Waals surface area (Å²) in [4.78, 5) is 24.8. The molecule has 8 heterocycles. The van der Waals surface area contributed by atoms with Gasteiger partial charge in [-0.05, 0) is 135 Å². The van der Waals surface area contributed by atoms with Gasteiger partial charge in [0.15, 0.2) is 16.9 Å². The average molecular weight is 2590 g/mol. The van der Waals surface area contributed by atoms with E-state index in [0.717, 1.165) is 137 Å². The van der Waals surface area contributed by atoms with Gasteiger partial charge >= 0.3 is 6.18 Å². The molecule has 3 aliphatic carbocycles. The third kappa shape index (κ3) is 23.4. The number of hydrogen-bond donors (Lipinski definition) is 4. The summed E-state index contributed by atoms with van der Waals surface area (Å²) in [6.07, 6.45) is 8.28. The first-order chi connectivity index (χ1) is 66.5. The molecule has 4 radical (unpaired) electrons. The molecule has 4 N–H and O–H groups in total. The fraction of sp³-hybridized carbons (Fsp3) is 0.0526. The molecule has 0 bridgehead atoms. The number of hydrogen-bond acceptors (Lipinski definition) is 12. The van der Waals surface area contributed by atoms with Crippen molar-refractivity contribution in [3.8, 4) is 78.4 Å². The summed E-state index contributed by atoms with van der Waals surface area (Å²) in [6, 6.07) is 125. The fourth-order valence-electron chi connectivity index (χ4n) is 16.1. The van der Waals surface area contributed by atoms with Crippen molar-refractivity contribution >= 4 is 0 Å². The molecule has 27 heteroatoms. The number of pyridine rings is 6. The zero-order chi connectivity index (χ0) is 95.5. The van der Waals surface area contributed by atoms with Crippen molar-refractivity contribution in [1.82, 2.24) is 49.5 Å². The topological polar surface area (TPSA) is 194 Å². The van der Waals surface area contributed by atoms with E-state index in [0.29, 0.717) is 39.6 Å². The molecule has 8 aromatic heterocycles. The zero-order valence-electron chi connectivity index (χ0n) is 74.1. The number of nitrogens with zero attached hydrogens (tertiary/aromatic N) is 10. The van der Waals surface area contributed by atoms with Crippen LogP contribution in [0.25, 0.3) is 78.4 Å². The van der Waals surface area contributed by atoms with Crippen molar-refractivity contribution in [1.29, 1.82) is 0 Å². The Balaban J connectivity index is 0.000000145. The maximum atomic E-state index is 13.2. The number of benzene rings is 12. The third-order valence-corrected chi connectivity index (χ3v) is 22.4. The Hall–Kier alpha value is -14.2. The summed E-state index contributed by atoms with van der Waals surface area (Å²) >= 11 is 0. The van der Waals surface area contributed by atoms with Gasteiger partial charge in [-0.1, -0.05) is 302 Å². The van der Waals surface area contributed by atoms with Crippen LogP contribution < -0.4 is 0 Å². The molecule has 12 aromatic carbocycles. The Morgan fingerprint density at radius 2 is 0.610 bits per heavy atom. The van der Waals surface area contributed by atoms with Gasteiger partial charge in [0.2, 0.25) is 11.4 Å². The first kappa shape index (κ1) is 106. The van der Waals surface area contributed by atoms with Crippen LogP contribution in [0.3, 0.4) is 0 Å². The van der Waals surface area contributed by atoms with Crippen LogP contribution in [0.15, 0.2) is 438 Å². The number of alkyl halides is 3. The molecule has 3 aliphatic rings. The summed E-state index contributed by atoms with van der Waals surface area (Å²) in [5.74, 6) is -3.86. The number of aliphatic hydroxyl groups is 4. The van der Waals surface area contributed by atoms with Crippen molar-refractivity contribution in [3.63, 3.8) is 0 Å². The van der Waals surface area contributed by atoms with Crippen molar-refractivity contribution in [2.45, 2.75) is 35.8 Å². The van der Waals surface area contributed by atoms with E-state index in [-0.39, 0.29) is 97.1 Å². The second kappa shape index (κ2) is 48.1. The van der Waals surface area contributed by atoms with Crippen LogP contribution in [0.1, 0.15) is 67.3 Å². The Kier molecular flexibility index (Phi) is 36.0. The Labute approximate surface area is 861 Å². The van der Waals surface area contributed by atoms with Crippen LogP contribution >= 0.6 is 0 Å². The molecule has 712 valence electrons. The minimum absolute atomic E-state index is 0. The molecule has 0 unspecified atom stereocenters. The van der Waals surface area contributed by atoms with Crippen molar-refractivity contribution in [3.05, 3.63) is 564 Å². The summed E-state index contributed by atoms with van der Waals surface area (Å²) in [7, 11) is 0. The predicted octanol–water partition coefficient (Wildman–Crippen LogP) is 24.3. The quantitative estimate of drug-likeness (QED) is 0.0749. The van der Waals surface area contributed by atoms with Crippen LogP contribution in [0.5, 0.6) is 0 Å². The summed E-state index contributed by atoms with van der Waals surface area (Å²) < 4.78 is 119. The summed E-state index contributed by atoms with van der Waals surface area (Å²) in [6.45, 7) is 1.92. The van der Waals surface area contributed by atoms with Gasteiger partial charge in [-0.25, -0.2) is 9.36 Å². The number of aromatic nitrogens is 10. The molecule has 0 saturated carbocycles. The van der Waals surface area contributed by atoms with E-state index in [1.807, 2.05) is 268 Å². The van der Waals surface area contributed by atoms with E-state index in [9.17, 15) is 59.9 Å². The first-order valence-electron chi connectivity index (χ1n) is 42.8. The van der Waals surface area contributed by atoms with Crippen LogP contribution in [-0.2, 0) is 109 Å². The van der Waals surface area contributed by atoms with Crippen LogP contribution in [0.4, 0.5) is 39.5 Å². The molecule has 0 aliphatic heterocycles. The number of halogens is 9. The van der Waals surface area contributed by atoms with Gasteiger partial charge < -0.3 is 40.4 Å². The van der Waals surface area contributed by atoms with Crippen molar-refractivity contribution < 1.29 is 140 Å². The SMILES string of the molecule is Cc1ccn(C2(O)c3ccccc3-c3ccccc32)n1.Fc1c[c-]c(-c2ccccn2)c(F)c1.Fc1c[c-]c(-c2ccccn2)c(F)c1.Fc1c[c-]c(-c2ccccn2)c(F)c1.OC(c1ccccc1)(c1ccccc1)c1ccccn1.OC1(c2ccccn2)c2ccccc2-c2ccccc21.OC1(n2ccc(C(F)(F)F)n2)c2ccccc2-c2ccccc21.[Ir].[Ir].[Ir].[Ir].[c-]1ccccc1-c1ccccn1. The van der Waals surface area contributed by atoms with E-state index < -0.39 is 69.4 Å². The maximum absolute atomic E-state index is 13.2. The van der Waals surface area contributed by atoms with E-state index in [2.05, 4.69) is 76.5 Å². The third-order valence-electron chi connectivity index (χ3n) is 22.4. The minimum atomic E-state index is -4.56. The van der Waals surface area contributed by atoms with E-state index in [4.69, 9.17) is 0 Å². The molecule has 23 rings (SSSR count). The maximum Gasteiger partial charge on any atom is 0.435 e. The van der Waals surface area contributed by atoms with Crippen molar-refractivity contribution in [2.24, 2.45) is 0 Å². The second-order valence-corrected chi connectivity index (χ2v) is 31.0. The van der Waals surface area contributed by atoms with Gasteiger partial charge in [0, 0.05) is 198 Å². The molecular formula is C114H79F9Ir4N10O4-4. The predicted molar refractivity (Wildman–Crippen MR) is 506 cm³/mol. The fourth-order valence-corrected chi connectivity index (χ4v) is 16.1. The molecule has 14 nitrogen and oxygen atoms in total. The molecule has 141 heavy (non-hydrogen) atoms. The minimum Gasteiger partial charge on any atom is -0.374 e. The zero-order valence-corrected chi connectivity index (χ0v) is 83.6. The molecule has 0 spiro atoms. The standard InChI is InChI=1S/C18H13NO.C18H15NO.C17H11F3N2O.C17H14N2O.3C11H6F2N.C11H8N.4Ir/c20-18(17-11-5-6-12-19-17)15-9-3-1-7-13(15)14-8-2-4-10-16(14)18;20-18(15-9-3-1-4-10-15,16-11-5-2-6-12-16)17-13-7-8-14-19-17;18-17(19,20)15-9-10-22(21-15)16(23)13-7-3-1-5-11(13)12-6-2-4-8-14(12)16;1-12-10-11-19(18-12)17(20)15-8-4-2-6-13(15)14-7-3-5-9-16(14)17;3*12-8-4-5-9(10(13)7-8)11-3-1-2-6-14-11;1-2-6-10(7-3-1)11-8-4-5-9-12-11;;;;/h1-12,20H;1-14,20H;1-10,23H;2-11,20H,1H3;3*1-4,6-7H;1-6,8-9H;;;;/q;;;;4*-1;;;;. The van der Waals surface area contributed by atoms with Gasteiger partial charge in [-0.15, -0.1) is 72.3 Å². The largest absolute Gasteiger partial charge is 0.435 e. The number of aryl methyl sites for hydroxylation is 1. The monoisotopic (exact) mass is 2590 g/mol. The molecule has 0 saturated heterocycles. The Morgan fingerprint density at radius 1 is 0.298 bits per heavy atom. The van der Waals surface area contributed by atoms with Crippen LogP contribution in [0, 0.1) is 66.1 Å². The smallest absolute Gasteiger partial charge is 0.374 e. The van der Waals surface area contributed by atoms with Crippen molar-refractivity contribution in [2.75, 3.05) is 0 Å². The van der Waals surface area contributed by atoms with Gasteiger partial charge in [0.05, 0.1) is 17.1 Å². The van der Waals surface area contributed by atoms with E-state index in [1.54, 1.807) is 121 Å². The molecule has 20 aromatic rings. The van der Waals surface area contributed by atoms with E-state index >= 15 is 0 Å². The van der Waals surface area contributed by atoms with Gasteiger partial charge in [-0.2, -0.15) is 23.4 Å². The van der Waals surface area contributed by atoms with Gasteiger partial charge in [0.1, 0.15) is 0 Å². The molecule has 0 fully saturated rings. The summed E-state index contributed by atoms with van der Waals surface area (Å²) in [5, 5.41) is 53.4. The normalized spacial score (nSPS) is 12.1. The Morgan fingerprint density at radius 3 is 0.922 bits per heavy atom. The second-order valence-electron chi connectivity index (χ2n) is 31.0. The number of rotatable bonds is 10. The summed E-state index contributed by atoms with van der Waals surface area (Å²) in [5.41, 5.74) is 11.8. The van der Waals surface area contributed by atoms with Crippen LogP contribution in [-0.4, -0.2) is 69.9 Å². The molecule has 0 amide bonds. The average Bonchev–Trinajstić information content (AvgIpc) is 1.57. The van der Waals surface area contributed by atoms with Gasteiger partial charge in [-0.3, -0.25) is 36.3 Å².